The highest BCUT2D eigenvalue weighted by molar-refractivity contribution is 5.67. The van der Waals surface area contributed by atoms with Crippen molar-refractivity contribution in [3.8, 4) is 0 Å². The monoisotopic (exact) mass is 158 g/mol. The molecule has 0 heterocycles. The second kappa shape index (κ2) is 4.71. The summed E-state index contributed by atoms with van der Waals surface area (Å²) in [4.78, 5) is 21.5. The first-order chi connectivity index (χ1) is 5.06. The minimum Gasteiger partial charge on any atom is -0.481 e. The Bertz CT molecular complexity index is 147. The molecule has 0 fully saturated rings. The lowest BCUT2D eigenvalue weighted by Crippen LogP contribution is -2.24. The van der Waals surface area contributed by atoms with Crippen molar-refractivity contribution in [1.82, 2.24) is 4.90 Å². The summed E-state index contributed by atoms with van der Waals surface area (Å²) in [5, 5.41) is 8.35. The summed E-state index contributed by atoms with van der Waals surface area (Å²) in [6, 6.07) is 0. The highest BCUT2D eigenvalue weighted by Gasteiger charge is 2.09. The zero-order valence-electron chi connectivity index (χ0n) is 6.70. The predicted molar refractivity (Wildman–Crippen MR) is 39.7 cm³/mol. The van der Waals surface area contributed by atoms with E-state index < -0.39 is 5.97 Å². The molecule has 0 aromatic rings. The van der Waals surface area contributed by atoms with Crippen molar-refractivity contribution < 1.29 is 14.7 Å². The smallest absolute Gasteiger partial charge is 0.311 e. The average molecular weight is 158 g/mol. The number of amides is 1. The molecule has 4 nitrogen and oxygen atoms in total. The molecule has 0 saturated heterocycles. The molecule has 0 aromatic heterocycles. The summed E-state index contributed by atoms with van der Waals surface area (Å²) in [7, 11) is 1.57. The Balaban J connectivity index is 3.59. The summed E-state index contributed by atoms with van der Waals surface area (Å²) in [6.45, 7) is 2.22. The molecule has 0 rings (SSSR count). The molecule has 0 aromatic carbocycles. The molecule has 11 heavy (non-hydrogen) atoms. The Kier molecular flexibility index (Phi) is 4.26. The standard InChI is InChI=1S/C7H12NO3/c1-6(3-7(10)11)4-8(2)5-9/h6H,3-4H2,1-2H3,(H,10,11). The van der Waals surface area contributed by atoms with Crippen LogP contribution < -0.4 is 0 Å². The first kappa shape index (κ1) is 9.94. The van der Waals surface area contributed by atoms with Gasteiger partial charge < -0.3 is 10.0 Å². The van der Waals surface area contributed by atoms with Crippen LogP contribution in [0.2, 0.25) is 0 Å². The minimum atomic E-state index is -0.836. The van der Waals surface area contributed by atoms with Crippen LogP contribution in [0.4, 0.5) is 0 Å². The molecular weight excluding hydrogens is 146 g/mol. The van der Waals surface area contributed by atoms with Crippen LogP contribution in [-0.2, 0) is 9.59 Å². The van der Waals surface area contributed by atoms with Crippen LogP contribution in [0.15, 0.2) is 0 Å². The number of hydrogen-bond donors (Lipinski definition) is 1. The Morgan fingerprint density at radius 3 is 2.64 bits per heavy atom. The summed E-state index contributed by atoms with van der Waals surface area (Å²) in [5.41, 5.74) is 0. The zero-order chi connectivity index (χ0) is 8.85. The SMILES string of the molecule is CC(CC(=O)O)CN(C)[C]=O. The number of carbonyl (C=O) groups is 1. The van der Waals surface area contributed by atoms with Gasteiger partial charge in [0.15, 0.2) is 0 Å². The van der Waals surface area contributed by atoms with E-state index in [2.05, 4.69) is 0 Å². The van der Waals surface area contributed by atoms with Gasteiger partial charge in [0.25, 0.3) is 0 Å². The first-order valence-electron chi connectivity index (χ1n) is 3.37. The minimum absolute atomic E-state index is 0.0149. The lowest BCUT2D eigenvalue weighted by atomic mass is 10.1. The highest BCUT2D eigenvalue weighted by Crippen LogP contribution is 2.01. The van der Waals surface area contributed by atoms with Gasteiger partial charge in [0.2, 0.25) is 0 Å². The van der Waals surface area contributed by atoms with Crippen LogP contribution in [0, 0.1) is 5.92 Å². The fraction of sp³-hybridized carbons (Fsp3) is 0.714. The molecule has 0 aliphatic carbocycles. The Morgan fingerprint density at radius 2 is 2.27 bits per heavy atom. The molecule has 0 saturated carbocycles. The van der Waals surface area contributed by atoms with Crippen molar-refractivity contribution in [2.45, 2.75) is 13.3 Å². The van der Waals surface area contributed by atoms with Crippen LogP contribution in [0.5, 0.6) is 0 Å². The molecule has 0 aliphatic heterocycles. The predicted octanol–water partition coefficient (Wildman–Crippen LogP) is 0.0962. The summed E-state index contributed by atoms with van der Waals surface area (Å²) >= 11 is 0. The third kappa shape index (κ3) is 5.39. The van der Waals surface area contributed by atoms with E-state index >= 15 is 0 Å². The van der Waals surface area contributed by atoms with E-state index in [4.69, 9.17) is 5.11 Å². The van der Waals surface area contributed by atoms with Gasteiger partial charge >= 0.3 is 12.4 Å². The molecule has 1 atom stereocenters. The van der Waals surface area contributed by atoms with Gasteiger partial charge in [-0.3, -0.25) is 9.59 Å². The van der Waals surface area contributed by atoms with Gasteiger partial charge in [0, 0.05) is 20.0 Å². The van der Waals surface area contributed by atoms with Gasteiger partial charge in [-0.15, -0.1) is 0 Å². The van der Waals surface area contributed by atoms with Crippen LogP contribution in [-0.4, -0.2) is 36.0 Å². The van der Waals surface area contributed by atoms with Crippen LogP contribution in [0.3, 0.4) is 0 Å². The Hall–Kier alpha value is -1.06. The van der Waals surface area contributed by atoms with E-state index in [0.717, 1.165) is 0 Å². The van der Waals surface area contributed by atoms with Gasteiger partial charge in [-0.25, -0.2) is 0 Å². The van der Waals surface area contributed by atoms with Crippen LogP contribution >= 0.6 is 0 Å². The quantitative estimate of drug-likeness (QED) is 0.577. The first-order valence-corrected chi connectivity index (χ1v) is 3.37. The second-order valence-electron chi connectivity index (χ2n) is 2.67. The van der Waals surface area contributed by atoms with Crippen molar-refractivity contribution >= 4 is 12.4 Å². The molecule has 1 amide bonds. The maximum Gasteiger partial charge on any atom is 0.311 e. The molecule has 1 unspecified atom stereocenters. The second-order valence-corrected chi connectivity index (χ2v) is 2.67. The Labute approximate surface area is 65.8 Å². The Morgan fingerprint density at radius 1 is 1.73 bits per heavy atom. The van der Waals surface area contributed by atoms with Gasteiger partial charge in [-0.1, -0.05) is 6.92 Å². The zero-order valence-corrected chi connectivity index (χ0v) is 6.70. The van der Waals surface area contributed by atoms with E-state index in [-0.39, 0.29) is 12.3 Å². The van der Waals surface area contributed by atoms with Gasteiger partial charge in [-0.2, -0.15) is 0 Å². The molecule has 0 aliphatic rings. The third-order valence-corrected chi connectivity index (χ3v) is 1.26. The summed E-state index contributed by atoms with van der Waals surface area (Å²) in [5.74, 6) is -0.851. The van der Waals surface area contributed by atoms with Gasteiger partial charge in [0.1, 0.15) is 0 Å². The molecule has 63 valence electrons. The van der Waals surface area contributed by atoms with Crippen molar-refractivity contribution in [2.24, 2.45) is 5.92 Å². The van der Waals surface area contributed by atoms with Gasteiger partial charge in [0.05, 0.1) is 0 Å². The van der Waals surface area contributed by atoms with Crippen LogP contribution in [0.25, 0.3) is 0 Å². The third-order valence-electron chi connectivity index (χ3n) is 1.26. The number of carboxylic acid groups (broad SMARTS) is 1. The van der Waals surface area contributed by atoms with E-state index in [1.54, 1.807) is 20.4 Å². The van der Waals surface area contributed by atoms with Gasteiger partial charge in [-0.05, 0) is 5.92 Å². The molecule has 4 heteroatoms. The lowest BCUT2D eigenvalue weighted by Gasteiger charge is -2.13. The molecule has 0 bridgehead atoms. The topological polar surface area (TPSA) is 57.6 Å². The maximum absolute atomic E-state index is 10.2. The normalized spacial score (nSPS) is 12.2. The van der Waals surface area contributed by atoms with Crippen LogP contribution in [0.1, 0.15) is 13.3 Å². The number of hydrogen-bond acceptors (Lipinski definition) is 2. The molecule has 0 spiro atoms. The molecule has 1 N–H and O–H groups in total. The van der Waals surface area contributed by atoms with Crippen molar-refractivity contribution in [1.29, 1.82) is 0 Å². The lowest BCUT2D eigenvalue weighted by molar-refractivity contribution is -0.138. The number of carboxylic acids is 1. The number of carbonyl (C=O) groups excluding carboxylic acids is 1. The number of nitrogens with zero attached hydrogens (tertiary/aromatic N) is 1. The molecular formula is C7H12NO3. The fourth-order valence-electron chi connectivity index (χ4n) is 0.867. The molecule has 1 radical (unpaired) electrons. The average Bonchev–Trinajstić information content (AvgIpc) is 1.85. The van der Waals surface area contributed by atoms with Crippen molar-refractivity contribution in [3.05, 3.63) is 0 Å². The van der Waals surface area contributed by atoms with E-state index in [9.17, 15) is 9.59 Å². The maximum atomic E-state index is 10.2. The highest BCUT2D eigenvalue weighted by atomic mass is 16.4. The van der Waals surface area contributed by atoms with E-state index in [1.165, 1.54) is 4.90 Å². The number of aliphatic carboxylic acids is 1. The van der Waals surface area contributed by atoms with Crippen molar-refractivity contribution in [3.63, 3.8) is 0 Å². The summed E-state index contributed by atoms with van der Waals surface area (Å²) in [6.07, 6.45) is 1.75. The number of rotatable bonds is 5. The summed E-state index contributed by atoms with van der Waals surface area (Å²) < 4.78 is 0. The van der Waals surface area contributed by atoms with E-state index in [1.807, 2.05) is 0 Å². The van der Waals surface area contributed by atoms with E-state index in [0.29, 0.717) is 6.54 Å². The van der Waals surface area contributed by atoms with Crippen molar-refractivity contribution in [2.75, 3.05) is 13.6 Å². The largest absolute Gasteiger partial charge is 0.481 e. The fourth-order valence-corrected chi connectivity index (χ4v) is 0.867.